The zero-order valence-corrected chi connectivity index (χ0v) is 14.6. The van der Waals surface area contributed by atoms with Gasteiger partial charge >= 0.3 is 0 Å². The molecule has 0 radical (unpaired) electrons. The average Bonchev–Trinajstić information content (AvgIpc) is 2.62. The summed E-state index contributed by atoms with van der Waals surface area (Å²) in [5.74, 6) is -0.467. The Morgan fingerprint density at radius 1 is 1.17 bits per heavy atom. The van der Waals surface area contributed by atoms with Crippen molar-refractivity contribution in [3.63, 3.8) is 0 Å². The summed E-state index contributed by atoms with van der Waals surface area (Å²) >= 11 is 0. The van der Waals surface area contributed by atoms with Gasteiger partial charge < -0.3 is 4.74 Å². The van der Waals surface area contributed by atoms with Gasteiger partial charge in [-0.2, -0.15) is 9.65 Å². The van der Waals surface area contributed by atoms with E-state index in [1.807, 2.05) is 0 Å². The van der Waals surface area contributed by atoms with Crippen LogP contribution in [0.15, 0.2) is 36.2 Å². The zero-order chi connectivity index (χ0) is 17.2. The summed E-state index contributed by atoms with van der Waals surface area (Å²) in [5.41, 5.74) is 2.62. The molecule has 0 amide bonds. The molecule has 0 unspecified atom stereocenters. The molecule has 2 nitrogen and oxygen atoms in total. The number of hydrogen-bond donors (Lipinski definition) is 0. The predicted molar refractivity (Wildman–Crippen MR) is 95.0 cm³/mol. The van der Waals surface area contributed by atoms with Crippen LogP contribution < -0.4 is 0 Å². The summed E-state index contributed by atoms with van der Waals surface area (Å²) in [4.78, 5) is 0. The summed E-state index contributed by atoms with van der Waals surface area (Å²) in [6.07, 6.45) is 10.4. The molecule has 3 heteroatoms. The van der Waals surface area contributed by atoms with Gasteiger partial charge in [0.05, 0.1) is 12.7 Å². The number of halogens is 1. The van der Waals surface area contributed by atoms with Crippen molar-refractivity contribution in [2.24, 2.45) is 5.92 Å². The number of unbranched alkanes of at least 4 members (excludes halogenated alkanes) is 2. The fourth-order valence-electron chi connectivity index (χ4n) is 3.26. The molecule has 2 rings (SSSR count). The van der Waals surface area contributed by atoms with E-state index in [0.29, 0.717) is 6.61 Å². The maximum atomic E-state index is 13.0. The van der Waals surface area contributed by atoms with Gasteiger partial charge in [-0.15, -0.1) is 0 Å². The Kier molecular flexibility index (Phi) is 7.98. The van der Waals surface area contributed by atoms with Crippen LogP contribution in [-0.2, 0) is 17.8 Å². The van der Waals surface area contributed by atoms with E-state index in [1.165, 1.54) is 36.5 Å². The topological polar surface area (TPSA) is 33.0 Å². The Morgan fingerprint density at radius 2 is 1.83 bits per heavy atom. The van der Waals surface area contributed by atoms with Gasteiger partial charge in [-0.05, 0) is 61.6 Å². The number of hydrogen-bond acceptors (Lipinski definition) is 2. The lowest BCUT2D eigenvalue weighted by molar-refractivity contribution is 0.0109. The largest absolute Gasteiger partial charge is 0.374 e. The zero-order valence-electron chi connectivity index (χ0n) is 14.6. The summed E-state index contributed by atoms with van der Waals surface area (Å²) in [6, 6.07) is 10.3. The van der Waals surface area contributed by atoms with E-state index in [2.05, 4.69) is 31.2 Å². The van der Waals surface area contributed by atoms with Crippen LogP contribution >= 0.6 is 0 Å². The van der Waals surface area contributed by atoms with Crippen LogP contribution in [0.2, 0.25) is 0 Å². The lowest BCUT2D eigenvalue weighted by Gasteiger charge is -2.26. The first kappa shape index (κ1) is 18.7. The maximum Gasteiger partial charge on any atom is 0.196 e. The third kappa shape index (κ3) is 6.45. The Labute approximate surface area is 145 Å². The highest BCUT2D eigenvalue weighted by Crippen LogP contribution is 2.28. The van der Waals surface area contributed by atoms with Crippen LogP contribution in [-0.4, -0.2) is 6.10 Å². The number of allylic oxidation sites excluding steroid dienone is 2. The molecule has 130 valence electrons. The summed E-state index contributed by atoms with van der Waals surface area (Å²) in [6.45, 7) is 2.87. The van der Waals surface area contributed by atoms with Crippen LogP contribution in [0.25, 0.3) is 0 Å². The number of benzene rings is 1. The molecule has 0 spiro atoms. The Bertz CT molecular complexity index is 550. The van der Waals surface area contributed by atoms with Crippen molar-refractivity contribution in [3.05, 3.63) is 47.3 Å². The predicted octanol–water partition coefficient (Wildman–Crippen LogP) is 5.87. The molecule has 0 bridgehead atoms. The third-order valence-electron chi connectivity index (χ3n) is 4.79. The Morgan fingerprint density at radius 3 is 2.46 bits per heavy atom. The monoisotopic (exact) mass is 329 g/mol. The lowest BCUT2D eigenvalue weighted by atomic mass is 9.87. The van der Waals surface area contributed by atoms with E-state index in [1.54, 1.807) is 6.07 Å². The van der Waals surface area contributed by atoms with Crippen LogP contribution in [0.5, 0.6) is 0 Å². The van der Waals surface area contributed by atoms with Gasteiger partial charge in [-0.3, -0.25) is 0 Å². The van der Waals surface area contributed by atoms with Crippen molar-refractivity contribution in [2.45, 2.75) is 71.0 Å². The van der Waals surface area contributed by atoms with Crippen molar-refractivity contribution in [3.8, 4) is 6.07 Å². The number of nitriles is 1. The Balaban J connectivity index is 1.70. The van der Waals surface area contributed by atoms with Crippen LogP contribution in [0.4, 0.5) is 4.39 Å². The van der Waals surface area contributed by atoms with Gasteiger partial charge in [-0.25, -0.2) is 0 Å². The van der Waals surface area contributed by atoms with E-state index in [9.17, 15) is 4.39 Å². The molecule has 0 heterocycles. The van der Waals surface area contributed by atoms with Crippen LogP contribution in [0.3, 0.4) is 0 Å². The number of rotatable bonds is 8. The highest BCUT2D eigenvalue weighted by atomic mass is 19.1. The molecule has 24 heavy (non-hydrogen) atoms. The first-order valence-corrected chi connectivity index (χ1v) is 9.18. The first-order valence-electron chi connectivity index (χ1n) is 9.18. The number of aryl methyl sites for hydroxylation is 1. The third-order valence-corrected chi connectivity index (χ3v) is 4.79. The molecular formula is C21H28FNO. The van der Waals surface area contributed by atoms with E-state index in [0.717, 1.165) is 32.1 Å². The molecule has 1 aromatic carbocycles. The van der Waals surface area contributed by atoms with Crippen molar-refractivity contribution in [1.82, 2.24) is 0 Å². The molecule has 0 N–H and O–H groups in total. The van der Waals surface area contributed by atoms with E-state index < -0.39 is 5.83 Å². The highest BCUT2D eigenvalue weighted by molar-refractivity contribution is 5.22. The van der Waals surface area contributed by atoms with E-state index >= 15 is 0 Å². The summed E-state index contributed by atoms with van der Waals surface area (Å²) in [7, 11) is 0. The minimum absolute atomic E-state index is 0.187. The first-order chi connectivity index (χ1) is 11.7. The van der Waals surface area contributed by atoms with Crippen molar-refractivity contribution < 1.29 is 9.13 Å². The second kappa shape index (κ2) is 10.3. The molecule has 1 aliphatic carbocycles. The Hall–Kier alpha value is -1.66. The van der Waals surface area contributed by atoms with Gasteiger partial charge in [-0.1, -0.05) is 44.0 Å². The lowest BCUT2D eigenvalue weighted by Crippen LogP contribution is -2.20. The minimum atomic E-state index is -0.654. The van der Waals surface area contributed by atoms with E-state index in [-0.39, 0.29) is 12.0 Å². The number of nitrogens with zero attached hydrogens (tertiary/aromatic N) is 1. The van der Waals surface area contributed by atoms with Gasteiger partial charge in [0.1, 0.15) is 6.07 Å². The maximum absolute atomic E-state index is 13.0. The molecular weight excluding hydrogens is 301 g/mol. The van der Waals surface area contributed by atoms with Gasteiger partial charge in [0, 0.05) is 0 Å². The van der Waals surface area contributed by atoms with Gasteiger partial charge in [0.15, 0.2) is 5.83 Å². The normalized spacial score (nSPS) is 21.5. The molecule has 0 aliphatic heterocycles. The second-order valence-corrected chi connectivity index (χ2v) is 6.75. The van der Waals surface area contributed by atoms with Crippen molar-refractivity contribution in [2.75, 3.05) is 0 Å². The fraction of sp³-hybridized carbons (Fsp3) is 0.571. The van der Waals surface area contributed by atoms with Gasteiger partial charge in [0.2, 0.25) is 0 Å². The fourth-order valence-corrected chi connectivity index (χ4v) is 3.26. The SMILES string of the molecule is CCCCCc1ccc(COC2CCC(C=C(F)C#N)CC2)cc1. The molecule has 0 aromatic heterocycles. The summed E-state index contributed by atoms with van der Waals surface area (Å²) < 4.78 is 19.0. The molecule has 1 aliphatic rings. The minimum Gasteiger partial charge on any atom is -0.374 e. The molecule has 0 saturated heterocycles. The highest BCUT2D eigenvalue weighted by Gasteiger charge is 2.20. The quantitative estimate of drug-likeness (QED) is 0.441. The van der Waals surface area contributed by atoms with Crippen molar-refractivity contribution in [1.29, 1.82) is 5.26 Å². The molecule has 1 fully saturated rings. The van der Waals surface area contributed by atoms with Gasteiger partial charge in [0.25, 0.3) is 0 Å². The molecule has 1 aromatic rings. The summed E-state index contributed by atoms with van der Waals surface area (Å²) in [5, 5.41) is 8.49. The second-order valence-electron chi connectivity index (χ2n) is 6.75. The van der Waals surface area contributed by atoms with Crippen LogP contribution in [0, 0.1) is 17.2 Å². The van der Waals surface area contributed by atoms with E-state index in [4.69, 9.17) is 10.00 Å². The number of ether oxygens (including phenoxy) is 1. The van der Waals surface area contributed by atoms with Crippen molar-refractivity contribution >= 4 is 0 Å². The standard InChI is InChI=1S/C21H28FNO/c1-2-3-4-5-17-6-8-19(9-7-17)16-24-21-12-10-18(11-13-21)14-20(22)15-23/h6-9,14,18,21H,2-5,10-13,16H2,1H3. The average molecular weight is 329 g/mol. The van der Waals surface area contributed by atoms with Crippen LogP contribution in [0.1, 0.15) is 63.0 Å². The molecule has 0 atom stereocenters. The molecule has 1 saturated carbocycles. The smallest absolute Gasteiger partial charge is 0.196 e.